The van der Waals surface area contributed by atoms with Crippen molar-refractivity contribution in [1.82, 2.24) is 0 Å². The summed E-state index contributed by atoms with van der Waals surface area (Å²) in [7, 11) is 0. The lowest BCUT2D eigenvalue weighted by Gasteiger charge is -2.55. The van der Waals surface area contributed by atoms with Crippen LogP contribution in [0, 0.1) is 46.3 Å². The van der Waals surface area contributed by atoms with Crippen LogP contribution in [0.25, 0.3) is 0 Å². The molecule has 1 fully saturated rings. The first-order chi connectivity index (χ1) is 14.2. The maximum absolute atomic E-state index is 9.49. The first-order valence-electron chi connectivity index (χ1n) is 13.3. The van der Waals surface area contributed by atoms with Gasteiger partial charge in [0.05, 0.1) is 0 Å². The van der Waals surface area contributed by atoms with Gasteiger partial charge in [0.25, 0.3) is 0 Å². The maximum atomic E-state index is 9.49. The van der Waals surface area contributed by atoms with E-state index in [4.69, 9.17) is 0 Å². The summed E-state index contributed by atoms with van der Waals surface area (Å²) in [6.45, 7) is 15.2. The summed E-state index contributed by atoms with van der Waals surface area (Å²) in [5.41, 5.74) is 6.41. The van der Waals surface area contributed by atoms with Gasteiger partial charge in [-0.15, -0.1) is 0 Å². The molecule has 0 aliphatic heterocycles. The molecule has 30 heavy (non-hydrogen) atoms. The van der Waals surface area contributed by atoms with Crippen LogP contribution in [0.15, 0.2) is 22.8 Å². The van der Waals surface area contributed by atoms with Crippen molar-refractivity contribution >= 4 is 0 Å². The average Bonchev–Trinajstić information content (AvgIpc) is 3.08. The Morgan fingerprint density at radius 2 is 1.77 bits per heavy atom. The van der Waals surface area contributed by atoms with E-state index in [1.807, 2.05) is 11.1 Å². The summed E-state index contributed by atoms with van der Waals surface area (Å²) >= 11 is 0. The van der Waals surface area contributed by atoms with E-state index in [1.165, 1.54) is 64.2 Å². The fourth-order valence-corrected chi connectivity index (χ4v) is 8.47. The van der Waals surface area contributed by atoms with Crippen molar-refractivity contribution in [3.05, 3.63) is 22.8 Å². The molecule has 8 atom stereocenters. The fraction of sp³-hybridized carbons (Fsp3) is 0.862. The van der Waals surface area contributed by atoms with Crippen LogP contribution < -0.4 is 0 Å². The van der Waals surface area contributed by atoms with Gasteiger partial charge in [-0.2, -0.15) is 0 Å². The van der Waals surface area contributed by atoms with Crippen LogP contribution in [-0.4, -0.2) is 11.7 Å². The minimum atomic E-state index is 0.331. The Morgan fingerprint density at radius 3 is 2.50 bits per heavy atom. The van der Waals surface area contributed by atoms with Crippen LogP contribution in [0.3, 0.4) is 0 Å². The molecule has 0 aromatic carbocycles. The van der Waals surface area contributed by atoms with E-state index in [0.717, 1.165) is 23.7 Å². The molecule has 0 aromatic rings. The summed E-state index contributed by atoms with van der Waals surface area (Å²) in [6.07, 6.45) is 16.4. The number of aliphatic hydroxyl groups excluding tert-OH is 1. The Labute approximate surface area is 186 Å². The van der Waals surface area contributed by atoms with Crippen molar-refractivity contribution in [3.8, 4) is 0 Å². The molecule has 1 saturated carbocycles. The Kier molecular flexibility index (Phi) is 6.35. The zero-order valence-corrected chi connectivity index (χ0v) is 20.8. The van der Waals surface area contributed by atoms with Gasteiger partial charge in [0.15, 0.2) is 0 Å². The minimum absolute atomic E-state index is 0.331. The molecule has 0 aromatic heterocycles. The lowest BCUT2D eigenvalue weighted by atomic mass is 9.50. The zero-order valence-electron chi connectivity index (χ0n) is 20.8. The van der Waals surface area contributed by atoms with Gasteiger partial charge in [-0.05, 0) is 96.0 Å². The van der Waals surface area contributed by atoms with Crippen molar-refractivity contribution < 1.29 is 5.11 Å². The number of aliphatic hydroxyl groups is 1. The quantitative estimate of drug-likeness (QED) is 0.469. The van der Waals surface area contributed by atoms with Crippen molar-refractivity contribution in [2.45, 2.75) is 106 Å². The van der Waals surface area contributed by atoms with Crippen LogP contribution >= 0.6 is 0 Å². The predicted octanol–water partition coefficient (Wildman–Crippen LogP) is 7.95. The Balaban J connectivity index is 1.52. The van der Waals surface area contributed by atoms with Gasteiger partial charge in [-0.25, -0.2) is 0 Å². The van der Waals surface area contributed by atoms with Gasteiger partial charge >= 0.3 is 0 Å². The lowest BCUT2D eigenvalue weighted by molar-refractivity contribution is 0.0668. The van der Waals surface area contributed by atoms with E-state index in [0.29, 0.717) is 29.3 Å². The van der Waals surface area contributed by atoms with E-state index in [2.05, 4.69) is 47.6 Å². The van der Waals surface area contributed by atoms with E-state index >= 15 is 0 Å². The van der Waals surface area contributed by atoms with E-state index in [-0.39, 0.29) is 0 Å². The average molecular weight is 413 g/mol. The van der Waals surface area contributed by atoms with Gasteiger partial charge in [0, 0.05) is 6.61 Å². The second-order valence-corrected chi connectivity index (χ2v) is 12.5. The Bertz CT molecular complexity index is 701. The second-order valence-electron chi connectivity index (χ2n) is 12.5. The van der Waals surface area contributed by atoms with Gasteiger partial charge in [-0.1, -0.05) is 78.9 Å². The first kappa shape index (κ1) is 22.6. The molecule has 0 heterocycles. The molecule has 2 unspecified atom stereocenters. The molecule has 0 spiro atoms. The number of hydrogen-bond donors (Lipinski definition) is 1. The molecule has 0 amide bonds. The van der Waals surface area contributed by atoms with Crippen LogP contribution in [-0.2, 0) is 0 Å². The van der Waals surface area contributed by atoms with Gasteiger partial charge < -0.3 is 5.11 Å². The van der Waals surface area contributed by atoms with E-state index < -0.39 is 0 Å². The van der Waals surface area contributed by atoms with Crippen molar-refractivity contribution in [2.75, 3.05) is 6.61 Å². The highest BCUT2D eigenvalue weighted by molar-refractivity contribution is 5.49. The van der Waals surface area contributed by atoms with Gasteiger partial charge in [0.2, 0.25) is 0 Å². The monoisotopic (exact) mass is 412 g/mol. The van der Waals surface area contributed by atoms with Crippen molar-refractivity contribution in [1.29, 1.82) is 0 Å². The highest BCUT2D eigenvalue weighted by Gasteiger charge is 2.53. The van der Waals surface area contributed by atoms with Gasteiger partial charge in [-0.3, -0.25) is 0 Å². The highest BCUT2D eigenvalue weighted by atomic mass is 16.3. The molecule has 1 N–H and O–H groups in total. The summed E-state index contributed by atoms with van der Waals surface area (Å²) < 4.78 is 0. The summed E-state index contributed by atoms with van der Waals surface area (Å²) in [6, 6.07) is 0. The smallest absolute Gasteiger partial charge is 0.0459 e. The summed E-state index contributed by atoms with van der Waals surface area (Å²) in [5, 5.41) is 9.49. The maximum Gasteiger partial charge on any atom is 0.0459 e. The second kappa shape index (κ2) is 8.42. The SMILES string of the molecule is CC(CO)[C@@H](C)CC[C@@H](C)[C@H]1CC=C2C3=C(CC[C@@]21C)[C@@]1(C)CCC[C@@H](C)C1CC3. The molecule has 0 saturated heterocycles. The largest absolute Gasteiger partial charge is 0.396 e. The van der Waals surface area contributed by atoms with Crippen LogP contribution in [0.5, 0.6) is 0 Å². The predicted molar refractivity (Wildman–Crippen MR) is 128 cm³/mol. The highest BCUT2D eigenvalue weighted by Crippen LogP contribution is 2.64. The number of allylic oxidation sites excluding steroid dienone is 4. The Morgan fingerprint density at radius 1 is 1.00 bits per heavy atom. The van der Waals surface area contributed by atoms with Crippen LogP contribution in [0.1, 0.15) is 106 Å². The third-order valence-electron chi connectivity index (χ3n) is 10.9. The van der Waals surface area contributed by atoms with Gasteiger partial charge in [0.1, 0.15) is 0 Å². The molecular weight excluding hydrogens is 364 g/mol. The minimum Gasteiger partial charge on any atom is -0.396 e. The standard InChI is InChI=1S/C29H48O/c1-19(22(4)18-30)9-10-21(3)25-13-14-26-23-11-12-24-20(2)8-7-16-28(24,5)27(23)15-17-29(25,26)6/h14,19-22,24-25,30H,7-13,15-18H2,1-6H3/t19-,20+,21+,22?,24?,25+,28-,29+/m0/s1. The normalized spacial score (nSPS) is 41.4. The molecule has 4 aliphatic carbocycles. The fourth-order valence-electron chi connectivity index (χ4n) is 8.47. The van der Waals surface area contributed by atoms with E-state index in [9.17, 15) is 5.11 Å². The van der Waals surface area contributed by atoms with Crippen molar-refractivity contribution in [3.63, 3.8) is 0 Å². The molecule has 1 nitrogen and oxygen atoms in total. The summed E-state index contributed by atoms with van der Waals surface area (Å²) in [5.74, 6) is 4.50. The van der Waals surface area contributed by atoms with Crippen LogP contribution in [0.4, 0.5) is 0 Å². The Hall–Kier alpha value is -0.560. The molecule has 170 valence electrons. The lowest BCUT2D eigenvalue weighted by Crippen LogP contribution is -2.44. The molecule has 4 aliphatic rings. The summed E-state index contributed by atoms with van der Waals surface area (Å²) in [4.78, 5) is 0. The van der Waals surface area contributed by atoms with E-state index in [1.54, 1.807) is 5.57 Å². The molecule has 0 bridgehead atoms. The first-order valence-corrected chi connectivity index (χ1v) is 13.3. The molecule has 0 radical (unpaired) electrons. The van der Waals surface area contributed by atoms with Crippen molar-refractivity contribution in [2.24, 2.45) is 46.3 Å². The van der Waals surface area contributed by atoms with Crippen LogP contribution in [0.2, 0.25) is 0 Å². The molecule has 4 rings (SSSR count). The third kappa shape index (κ3) is 3.56. The zero-order chi connectivity index (χ0) is 21.7. The molecule has 1 heteroatoms. The number of fused-ring (bicyclic) bond motifs is 4. The third-order valence-corrected chi connectivity index (χ3v) is 10.9. The topological polar surface area (TPSA) is 20.2 Å². The number of hydrogen-bond acceptors (Lipinski definition) is 1. The number of rotatable bonds is 6. The molecular formula is C29H48O.